The lowest BCUT2D eigenvalue weighted by atomic mass is 10.1. The van der Waals surface area contributed by atoms with Crippen molar-refractivity contribution in [2.45, 2.75) is 32.3 Å². The lowest BCUT2D eigenvalue weighted by Crippen LogP contribution is -2.13. The van der Waals surface area contributed by atoms with Gasteiger partial charge in [-0.15, -0.1) is 0 Å². The molecule has 0 amide bonds. The smallest absolute Gasteiger partial charge is 0.338 e. The molecule has 108 valence electrons. The van der Waals surface area contributed by atoms with Crippen molar-refractivity contribution in [3.05, 3.63) is 39.4 Å². The van der Waals surface area contributed by atoms with Crippen LogP contribution >= 0.6 is 0 Å². The Morgan fingerprint density at radius 2 is 2.35 bits per heavy atom. The molecular weight excluding hydrogens is 262 g/mol. The highest BCUT2D eigenvalue weighted by atomic mass is 16.6. The van der Waals surface area contributed by atoms with Crippen molar-refractivity contribution < 1.29 is 19.2 Å². The van der Waals surface area contributed by atoms with Crippen molar-refractivity contribution in [1.29, 1.82) is 0 Å². The number of carbonyl (C=O) groups excluding carboxylic acids is 1. The maximum absolute atomic E-state index is 11.8. The minimum Gasteiger partial charge on any atom is -0.462 e. The minimum atomic E-state index is -0.470. The fourth-order valence-electron chi connectivity index (χ4n) is 2.23. The molecule has 1 atom stereocenters. The molecule has 1 aromatic carbocycles. The van der Waals surface area contributed by atoms with Gasteiger partial charge in [0.2, 0.25) is 0 Å². The second-order valence-electron chi connectivity index (χ2n) is 4.82. The van der Waals surface area contributed by atoms with Crippen LogP contribution in [-0.4, -0.2) is 30.2 Å². The molecule has 0 radical (unpaired) electrons. The molecule has 1 aliphatic rings. The molecule has 6 heteroatoms. The van der Waals surface area contributed by atoms with Gasteiger partial charge in [-0.2, -0.15) is 0 Å². The first kappa shape index (κ1) is 14.5. The van der Waals surface area contributed by atoms with Gasteiger partial charge in [0.05, 0.1) is 23.2 Å². The Morgan fingerprint density at radius 3 is 2.95 bits per heavy atom. The molecule has 0 saturated carbocycles. The first-order valence-corrected chi connectivity index (χ1v) is 6.61. The Bertz CT molecular complexity index is 508. The summed E-state index contributed by atoms with van der Waals surface area (Å²) in [5.41, 5.74) is 0.782. The first-order valence-electron chi connectivity index (χ1n) is 6.61. The first-order chi connectivity index (χ1) is 9.58. The molecule has 1 aliphatic heterocycles. The Labute approximate surface area is 116 Å². The summed E-state index contributed by atoms with van der Waals surface area (Å²) >= 11 is 0. The van der Waals surface area contributed by atoms with Crippen molar-refractivity contribution in [2.75, 3.05) is 13.2 Å². The number of hydrogen-bond acceptors (Lipinski definition) is 5. The van der Waals surface area contributed by atoms with Crippen LogP contribution in [0.15, 0.2) is 18.2 Å². The number of nitrogens with zero attached hydrogens (tertiary/aromatic N) is 1. The van der Waals surface area contributed by atoms with Crippen LogP contribution in [0.25, 0.3) is 0 Å². The summed E-state index contributed by atoms with van der Waals surface area (Å²) in [4.78, 5) is 22.0. The van der Waals surface area contributed by atoms with E-state index in [4.69, 9.17) is 9.47 Å². The second kappa shape index (κ2) is 6.47. The number of esters is 1. The maximum Gasteiger partial charge on any atom is 0.338 e. The third-order valence-corrected chi connectivity index (χ3v) is 3.33. The Morgan fingerprint density at radius 1 is 1.55 bits per heavy atom. The van der Waals surface area contributed by atoms with Gasteiger partial charge in [-0.1, -0.05) is 0 Å². The number of ether oxygens (including phenoxy) is 2. The molecule has 20 heavy (non-hydrogen) atoms. The molecule has 0 bridgehead atoms. The molecule has 0 spiro atoms. The van der Waals surface area contributed by atoms with Crippen LogP contribution in [0.2, 0.25) is 0 Å². The zero-order valence-corrected chi connectivity index (χ0v) is 11.3. The standard InChI is InChI=1S/C14H17NO5/c1-10-9-11(4-5-13(10)15(17)18)14(16)20-8-6-12-3-2-7-19-12/h4-5,9,12H,2-3,6-8H2,1H3/t12-/m1/s1. The maximum atomic E-state index is 11.8. The Kier molecular flexibility index (Phi) is 4.68. The zero-order valence-electron chi connectivity index (χ0n) is 11.3. The lowest BCUT2D eigenvalue weighted by molar-refractivity contribution is -0.385. The average Bonchev–Trinajstić information content (AvgIpc) is 2.91. The van der Waals surface area contributed by atoms with E-state index in [0.29, 0.717) is 24.2 Å². The van der Waals surface area contributed by atoms with Crippen LogP contribution in [0.4, 0.5) is 5.69 Å². The summed E-state index contributed by atoms with van der Waals surface area (Å²) in [6.07, 6.45) is 2.94. The monoisotopic (exact) mass is 279 g/mol. The number of benzene rings is 1. The number of carbonyl (C=O) groups is 1. The SMILES string of the molecule is Cc1cc(C(=O)OCC[C@H]2CCCO2)ccc1[N+](=O)[O-]. The number of aryl methyl sites for hydroxylation is 1. The van der Waals surface area contributed by atoms with Crippen molar-refractivity contribution >= 4 is 11.7 Å². The quantitative estimate of drug-likeness (QED) is 0.470. The van der Waals surface area contributed by atoms with Crippen molar-refractivity contribution in [1.82, 2.24) is 0 Å². The van der Waals surface area contributed by atoms with Crippen LogP contribution in [0.1, 0.15) is 35.2 Å². The van der Waals surface area contributed by atoms with E-state index in [1.165, 1.54) is 18.2 Å². The van der Waals surface area contributed by atoms with Crippen LogP contribution in [0.5, 0.6) is 0 Å². The van der Waals surface area contributed by atoms with Crippen molar-refractivity contribution in [3.8, 4) is 0 Å². The second-order valence-corrected chi connectivity index (χ2v) is 4.82. The lowest BCUT2D eigenvalue weighted by Gasteiger charge is -2.09. The van der Waals surface area contributed by atoms with Gasteiger partial charge in [0.15, 0.2) is 0 Å². The summed E-state index contributed by atoms with van der Waals surface area (Å²) in [7, 11) is 0. The molecule has 1 fully saturated rings. The molecule has 0 aliphatic carbocycles. The Balaban J connectivity index is 1.88. The highest BCUT2D eigenvalue weighted by Gasteiger charge is 2.17. The summed E-state index contributed by atoms with van der Waals surface area (Å²) in [5.74, 6) is -0.457. The summed E-state index contributed by atoms with van der Waals surface area (Å²) in [6.45, 7) is 2.68. The van der Waals surface area contributed by atoms with E-state index in [9.17, 15) is 14.9 Å². The minimum absolute atomic E-state index is 0.000839. The van der Waals surface area contributed by atoms with Gasteiger partial charge in [0.1, 0.15) is 0 Å². The largest absolute Gasteiger partial charge is 0.462 e. The Hall–Kier alpha value is -1.95. The van der Waals surface area contributed by atoms with Crippen LogP contribution in [0.3, 0.4) is 0 Å². The van der Waals surface area contributed by atoms with Gasteiger partial charge in [-0.05, 0) is 31.9 Å². The summed E-state index contributed by atoms with van der Waals surface area (Å²) < 4.78 is 10.6. The molecular formula is C14H17NO5. The van der Waals surface area contributed by atoms with Gasteiger partial charge in [-0.25, -0.2) is 4.79 Å². The predicted molar refractivity (Wildman–Crippen MR) is 71.7 cm³/mol. The van der Waals surface area contributed by atoms with Gasteiger partial charge < -0.3 is 9.47 Å². The average molecular weight is 279 g/mol. The van der Waals surface area contributed by atoms with Gasteiger partial charge in [0.25, 0.3) is 5.69 Å². The van der Waals surface area contributed by atoms with E-state index in [-0.39, 0.29) is 11.8 Å². The fraction of sp³-hybridized carbons (Fsp3) is 0.500. The molecule has 6 nitrogen and oxygen atoms in total. The predicted octanol–water partition coefficient (Wildman–Crippen LogP) is 2.63. The molecule has 0 N–H and O–H groups in total. The van der Waals surface area contributed by atoms with E-state index in [2.05, 4.69) is 0 Å². The van der Waals surface area contributed by atoms with Crippen LogP contribution < -0.4 is 0 Å². The fourth-order valence-corrected chi connectivity index (χ4v) is 2.23. The molecule has 1 heterocycles. The van der Waals surface area contributed by atoms with E-state index < -0.39 is 10.9 Å². The van der Waals surface area contributed by atoms with E-state index in [1.807, 2.05) is 0 Å². The zero-order chi connectivity index (χ0) is 14.5. The van der Waals surface area contributed by atoms with Gasteiger partial charge >= 0.3 is 5.97 Å². The number of nitro benzene ring substituents is 1. The van der Waals surface area contributed by atoms with E-state index in [0.717, 1.165) is 19.4 Å². The highest BCUT2D eigenvalue weighted by Crippen LogP contribution is 2.20. The van der Waals surface area contributed by atoms with Crippen molar-refractivity contribution in [2.24, 2.45) is 0 Å². The van der Waals surface area contributed by atoms with Crippen LogP contribution in [-0.2, 0) is 9.47 Å². The summed E-state index contributed by atoms with van der Waals surface area (Å²) in [5, 5.41) is 10.7. The number of hydrogen-bond donors (Lipinski definition) is 0. The van der Waals surface area contributed by atoms with Gasteiger partial charge in [0, 0.05) is 24.7 Å². The third kappa shape index (κ3) is 3.54. The van der Waals surface area contributed by atoms with Crippen molar-refractivity contribution in [3.63, 3.8) is 0 Å². The van der Waals surface area contributed by atoms with Crippen LogP contribution in [0, 0.1) is 17.0 Å². The highest BCUT2D eigenvalue weighted by molar-refractivity contribution is 5.90. The molecule has 1 aromatic rings. The molecule has 2 rings (SSSR count). The van der Waals surface area contributed by atoms with Gasteiger partial charge in [-0.3, -0.25) is 10.1 Å². The van der Waals surface area contributed by atoms with E-state index >= 15 is 0 Å². The molecule has 1 saturated heterocycles. The number of rotatable bonds is 5. The van der Waals surface area contributed by atoms with E-state index in [1.54, 1.807) is 6.92 Å². The number of nitro groups is 1. The topological polar surface area (TPSA) is 78.7 Å². The molecule has 0 aromatic heterocycles. The normalized spacial score (nSPS) is 17.9. The summed E-state index contributed by atoms with van der Waals surface area (Å²) in [6, 6.07) is 4.22. The molecule has 0 unspecified atom stereocenters. The third-order valence-electron chi connectivity index (χ3n) is 3.33.